The van der Waals surface area contributed by atoms with Crippen molar-refractivity contribution in [2.24, 2.45) is 5.92 Å². The first-order valence-electron chi connectivity index (χ1n) is 6.66. The lowest BCUT2D eigenvalue weighted by molar-refractivity contribution is 0.438. The molecule has 0 saturated heterocycles. The fraction of sp³-hybridized carbons (Fsp3) is 0.600. The van der Waals surface area contributed by atoms with Crippen molar-refractivity contribution in [3.05, 3.63) is 34.9 Å². The predicted octanol–water partition coefficient (Wildman–Crippen LogP) is 4.30. The minimum absolute atomic E-state index is 0.700. The van der Waals surface area contributed by atoms with Crippen LogP contribution in [-0.2, 0) is 6.42 Å². The molecule has 1 aromatic carbocycles. The molecule has 0 radical (unpaired) electrons. The van der Waals surface area contributed by atoms with Crippen LogP contribution in [0, 0.1) is 5.92 Å². The van der Waals surface area contributed by atoms with Crippen LogP contribution in [0.1, 0.15) is 38.2 Å². The van der Waals surface area contributed by atoms with E-state index in [1.54, 1.807) is 0 Å². The lowest BCUT2D eigenvalue weighted by atomic mass is 9.93. The first kappa shape index (κ1) is 14.5. The number of rotatable bonds is 8. The van der Waals surface area contributed by atoms with Gasteiger partial charge in [0.05, 0.1) is 0 Å². The van der Waals surface area contributed by atoms with Gasteiger partial charge in [-0.3, -0.25) is 0 Å². The Bertz CT molecular complexity index is 312. The van der Waals surface area contributed by atoms with Gasteiger partial charge < -0.3 is 5.32 Å². The van der Waals surface area contributed by atoms with Gasteiger partial charge in [0, 0.05) is 5.02 Å². The number of hydrogen-bond donors (Lipinski definition) is 1. The van der Waals surface area contributed by atoms with Gasteiger partial charge in [-0.05, 0) is 44.0 Å². The van der Waals surface area contributed by atoms with Crippen LogP contribution in [-0.4, -0.2) is 13.6 Å². The summed E-state index contributed by atoms with van der Waals surface area (Å²) in [5.41, 5.74) is 1.28. The third-order valence-electron chi connectivity index (χ3n) is 3.18. The molecule has 1 rings (SSSR count). The number of benzene rings is 1. The monoisotopic (exact) mass is 253 g/mol. The average molecular weight is 254 g/mol. The molecular formula is C15H24ClN. The molecular weight excluding hydrogens is 230 g/mol. The van der Waals surface area contributed by atoms with E-state index in [9.17, 15) is 0 Å². The Hall–Kier alpha value is -0.530. The largest absolute Gasteiger partial charge is 0.319 e. The van der Waals surface area contributed by atoms with Crippen LogP contribution in [0.25, 0.3) is 0 Å². The number of nitrogens with one attached hydrogen (secondary N) is 1. The van der Waals surface area contributed by atoms with Gasteiger partial charge in [-0.15, -0.1) is 0 Å². The third-order valence-corrected chi connectivity index (χ3v) is 3.54. The summed E-state index contributed by atoms with van der Waals surface area (Å²) in [6, 6.07) is 8.20. The number of hydrogen-bond acceptors (Lipinski definition) is 1. The van der Waals surface area contributed by atoms with E-state index in [4.69, 9.17) is 11.6 Å². The van der Waals surface area contributed by atoms with Gasteiger partial charge in [0.2, 0.25) is 0 Å². The molecule has 0 spiro atoms. The molecule has 0 aliphatic rings. The highest BCUT2D eigenvalue weighted by Gasteiger charge is 2.10. The first-order chi connectivity index (χ1) is 8.27. The quantitative estimate of drug-likeness (QED) is 0.682. The number of halogens is 1. The molecule has 0 amide bonds. The lowest BCUT2D eigenvalue weighted by Crippen LogP contribution is -2.21. The van der Waals surface area contributed by atoms with Gasteiger partial charge in [0.25, 0.3) is 0 Å². The molecule has 0 heterocycles. The summed E-state index contributed by atoms with van der Waals surface area (Å²) in [7, 11) is 2.03. The molecule has 0 fully saturated rings. The first-order valence-corrected chi connectivity index (χ1v) is 7.03. The molecule has 1 unspecified atom stereocenters. The Morgan fingerprint density at radius 3 is 2.65 bits per heavy atom. The fourth-order valence-corrected chi connectivity index (χ4v) is 2.44. The zero-order chi connectivity index (χ0) is 12.5. The van der Waals surface area contributed by atoms with Crippen LogP contribution in [0.4, 0.5) is 0 Å². The summed E-state index contributed by atoms with van der Waals surface area (Å²) in [6.45, 7) is 3.33. The number of unbranched alkanes of at least 4 members (excludes halogenated alkanes) is 2. The van der Waals surface area contributed by atoms with E-state index in [1.807, 2.05) is 19.2 Å². The highest BCUT2D eigenvalue weighted by molar-refractivity contribution is 6.31. The maximum Gasteiger partial charge on any atom is 0.0438 e. The lowest BCUT2D eigenvalue weighted by Gasteiger charge is -2.17. The predicted molar refractivity (Wildman–Crippen MR) is 76.7 cm³/mol. The van der Waals surface area contributed by atoms with Crippen LogP contribution in [0.15, 0.2) is 24.3 Å². The Balaban J connectivity index is 2.50. The highest BCUT2D eigenvalue weighted by Crippen LogP contribution is 2.21. The topological polar surface area (TPSA) is 12.0 Å². The van der Waals surface area contributed by atoms with Gasteiger partial charge in [0.1, 0.15) is 0 Å². The Kier molecular flexibility index (Phi) is 7.30. The van der Waals surface area contributed by atoms with E-state index in [0.717, 1.165) is 18.0 Å². The van der Waals surface area contributed by atoms with E-state index < -0.39 is 0 Å². The van der Waals surface area contributed by atoms with Crippen molar-refractivity contribution in [3.8, 4) is 0 Å². The molecule has 1 atom stereocenters. The zero-order valence-electron chi connectivity index (χ0n) is 11.0. The second-order valence-electron chi connectivity index (χ2n) is 4.72. The molecule has 0 aliphatic heterocycles. The SMILES string of the molecule is CCCCCC(CNC)Cc1ccccc1Cl. The summed E-state index contributed by atoms with van der Waals surface area (Å²) in [5.74, 6) is 0.700. The molecule has 0 bridgehead atoms. The average Bonchev–Trinajstić information content (AvgIpc) is 2.32. The molecule has 17 heavy (non-hydrogen) atoms. The molecule has 0 aromatic heterocycles. The van der Waals surface area contributed by atoms with Crippen molar-refractivity contribution in [1.29, 1.82) is 0 Å². The normalized spacial score (nSPS) is 12.6. The van der Waals surface area contributed by atoms with Crippen molar-refractivity contribution in [1.82, 2.24) is 5.32 Å². The summed E-state index contributed by atoms with van der Waals surface area (Å²) < 4.78 is 0. The second-order valence-corrected chi connectivity index (χ2v) is 5.12. The van der Waals surface area contributed by atoms with Crippen molar-refractivity contribution < 1.29 is 0 Å². The van der Waals surface area contributed by atoms with Gasteiger partial charge >= 0.3 is 0 Å². The minimum Gasteiger partial charge on any atom is -0.319 e. The van der Waals surface area contributed by atoms with E-state index in [0.29, 0.717) is 5.92 Å². The summed E-state index contributed by atoms with van der Waals surface area (Å²) in [5, 5.41) is 4.20. The Labute approximate surface area is 111 Å². The zero-order valence-corrected chi connectivity index (χ0v) is 11.8. The molecule has 1 N–H and O–H groups in total. The van der Waals surface area contributed by atoms with Gasteiger partial charge in [0.15, 0.2) is 0 Å². The maximum atomic E-state index is 6.21. The van der Waals surface area contributed by atoms with E-state index >= 15 is 0 Å². The smallest absolute Gasteiger partial charge is 0.0438 e. The minimum atomic E-state index is 0.700. The van der Waals surface area contributed by atoms with Crippen molar-refractivity contribution in [3.63, 3.8) is 0 Å². The standard InChI is InChI=1S/C15H24ClN/c1-3-4-5-8-13(12-17-2)11-14-9-6-7-10-15(14)16/h6-7,9-10,13,17H,3-5,8,11-12H2,1-2H3. The van der Waals surface area contributed by atoms with Gasteiger partial charge in [-0.25, -0.2) is 0 Å². The fourth-order valence-electron chi connectivity index (χ4n) is 2.22. The third kappa shape index (κ3) is 5.56. The summed E-state index contributed by atoms with van der Waals surface area (Å²) in [4.78, 5) is 0. The summed E-state index contributed by atoms with van der Waals surface area (Å²) in [6.07, 6.45) is 6.33. The van der Waals surface area contributed by atoms with E-state index in [-0.39, 0.29) is 0 Å². The van der Waals surface area contributed by atoms with Gasteiger partial charge in [-0.1, -0.05) is 56.0 Å². The summed E-state index contributed by atoms with van der Waals surface area (Å²) >= 11 is 6.21. The van der Waals surface area contributed by atoms with E-state index in [1.165, 1.54) is 31.2 Å². The van der Waals surface area contributed by atoms with E-state index in [2.05, 4.69) is 24.4 Å². The molecule has 0 aliphatic carbocycles. The highest BCUT2D eigenvalue weighted by atomic mass is 35.5. The Morgan fingerprint density at radius 2 is 2.00 bits per heavy atom. The molecule has 0 saturated carbocycles. The van der Waals surface area contributed by atoms with Crippen molar-refractivity contribution in [2.45, 2.75) is 39.0 Å². The van der Waals surface area contributed by atoms with Crippen molar-refractivity contribution in [2.75, 3.05) is 13.6 Å². The molecule has 1 aromatic rings. The van der Waals surface area contributed by atoms with Gasteiger partial charge in [-0.2, -0.15) is 0 Å². The maximum absolute atomic E-state index is 6.21. The second kappa shape index (κ2) is 8.54. The molecule has 96 valence electrons. The van der Waals surface area contributed by atoms with Crippen molar-refractivity contribution >= 4 is 11.6 Å². The van der Waals surface area contributed by atoms with Crippen LogP contribution >= 0.6 is 11.6 Å². The van der Waals surface area contributed by atoms with Crippen LogP contribution in [0.2, 0.25) is 5.02 Å². The Morgan fingerprint density at radius 1 is 1.24 bits per heavy atom. The van der Waals surface area contributed by atoms with Crippen LogP contribution in [0.5, 0.6) is 0 Å². The van der Waals surface area contributed by atoms with Crippen LogP contribution in [0.3, 0.4) is 0 Å². The molecule has 2 heteroatoms. The molecule has 1 nitrogen and oxygen atoms in total. The van der Waals surface area contributed by atoms with Crippen LogP contribution < -0.4 is 5.32 Å².